The molecular weight excluding hydrogens is 307 g/mol. The summed E-state index contributed by atoms with van der Waals surface area (Å²) in [5, 5.41) is 11.4. The smallest absolute Gasteiger partial charge is 0.266 e. The Morgan fingerprint density at radius 3 is 2.57 bits per heavy atom. The molecule has 1 aromatic carbocycles. The number of carbonyl (C=O) groups excluding carboxylic acids is 1. The number of carbonyl (C=O) groups is 1. The Hall–Kier alpha value is -2.49. The standard InChI is InChI=1S/C16H16F3N3O/c1-10-4-6-22(7-5-10)16(23)11(8-20)9-21-13-3-2-12(17)14(18)15(13)19/h2-3,9-10,21H,4-7H2,1H3/b11-9-. The second kappa shape index (κ2) is 7.18. The highest BCUT2D eigenvalue weighted by Gasteiger charge is 2.23. The first-order chi connectivity index (χ1) is 10.9. The van der Waals surface area contributed by atoms with Crippen LogP contribution >= 0.6 is 0 Å². The summed E-state index contributed by atoms with van der Waals surface area (Å²) in [5.74, 6) is -4.26. The van der Waals surface area contributed by atoms with Gasteiger partial charge in [0.2, 0.25) is 0 Å². The second-order valence-electron chi connectivity index (χ2n) is 5.51. The average molecular weight is 323 g/mol. The van der Waals surface area contributed by atoms with E-state index in [2.05, 4.69) is 12.2 Å². The van der Waals surface area contributed by atoms with Crippen LogP contribution in [0.15, 0.2) is 23.9 Å². The van der Waals surface area contributed by atoms with E-state index in [0.717, 1.165) is 31.2 Å². The van der Waals surface area contributed by atoms with Crippen LogP contribution < -0.4 is 5.32 Å². The lowest BCUT2D eigenvalue weighted by atomic mass is 9.99. The van der Waals surface area contributed by atoms with E-state index in [1.54, 1.807) is 11.0 Å². The fraction of sp³-hybridized carbons (Fsp3) is 0.375. The minimum Gasteiger partial charge on any atom is -0.358 e. The molecule has 0 saturated carbocycles. The molecule has 0 aromatic heterocycles. The van der Waals surface area contributed by atoms with Crippen LogP contribution in [0.1, 0.15) is 19.8 Å². The molecule has 0 spiro atoms. The zero-order chi connectivity index (χ0) is 17.0. The molecule has 1 amide bonds. The van der Waals surface area contributed by atoms with Crippen molar-refractivity contribution in [2.45, 2.75) is 19.8 Å². The monoisotopic (exact) mass is 323 g/mol. The van der Waals surface area contributed by atoms with Gasteiger partial charge in [-0.25, -0.2) is 13.2 Å². The normalized spacial score (nSPS) is 16.1. The molecule has 1 aliphatic rings. The Kier molecular flexibility index (Phi) is 5.27. The van der Waals surface area contributed by atoms with Gasteiger partial charge in [0.1, 0.15) is 11.6 Å². The van der Waals surface area contributed by atoms with E-state index in [-0.39, 0.29) is 11.3 Å². The molecule has 0 unspecified atom stereocenters. The molecule has 0 atom stereocenters. The van der Waals surface area contributed by atoms with Crippen molar-refractivity contribution in [3.8, 4) is 6.07 Å². The molecule has 1 N–H and O–H groups in total. The third kappa shape index (κ3) is 3.83. The molecular formula is C16H16F3N3O. The average Bonchev–Trinajstić information content (AvgIpc) is 2.55. The van der Waals surface area contributed by atoms with E-state index in [9.17, 15) is 18.0 Å². The van der Waals surface area contributed by atoms with Crippen molar-refractivity contribution in [3.63, 3.8) is 0 Å². The van der Waals surface area contributed by atoms with E-state index >= 15 is 0 Å². The molecule has 1 aliphatic heterocycles. The quantitative estimate of drug-likeness (QED) is 0.528. The lowest BCUT2D eigenvalue weighted by Gasteiger charge is -2.30. The highest BCUT2D eigenvalue weighted by Crippen LogP contribution is 2.21. The molecule has 0 radical (unpaired) electrons. The number of amides is 1. The summed E-state index contributed by atoms with van der Waals surface area (Å²) in [6, 6.07) is 3.49. The van der Waals surface area contributed by atoms with Gasteiger partial charge < -0.3 is 10.2 Å². The van der Waals surface area contributed by atoms with Gasteiger partial charge in [-0.1, -0.05) is 6.92 Å². The van der Waals surface area contributed by atoms with Gasteiger partial charge in [-0.15, -0.1) is 0 Å². The molecule has 122 valence electrons. The number of anilines is 1. The van der Waals surface area contributed by atoms with Crippen molar-refractivity contribution in [1.29, 1.82) is 5.26 Å². The Morgan fingerprint density at radius 2 is 1.96 bits per heavy atom. The zero-order valence-corrected chi connectivity index (χ0v) is 12.6. The third-order valence-electron chi connectivity index (χ3n) is 3.83. The number of rotatable bonds is 3. The Balaban J connectivity index is 2.12. The Labute approximate surface area is 132 Å². The predicted octanol–water partition coefficient (Wildman–Crippen LogP) is 3.18. The number of hydrogen-bond donors (Lipinski definition) is 1. The van der Waals surface area contributed by atoms with Crippen LogP contribution in [0.2, 0.25) is 0 Å². The van der Waals surface area contributed by atoms with E-state index < -0.39 is 23.4 Å². The Bertz CT molecular complexity index is 674. The van der Waals surface area contributed by atoms with Gasteiger partial charge in [-0.3, -0.25) is 4.79 Å². The van der Waals surface area contributed by atoms with Crippen LogP contribution in [-0.4, -0.2) is 23.9 Å². The van der Waals surface area contributed by atoms with Crippen molar-refractivity contribution < 1.29 is 18.0 Å². The minimum absolute atomic E-state index is 0.219. The molecule has 0 bridgehead atoms. The van der Waals surface area contributed by atoms with Crippen LogP contribution in [0.3, 0.4) is 0 Å². The van der Waals surface area contributed by atoms with Crippen molar-refractivity contribution in [1.82, 2.24) is 4.90 Å². The predicted molar refractivity (Wildman–Crippen MR) is 78.6 cm³/mol. The molecule has 1 aromatic rings. The van der Waals surface area contributed by atoms with Crippen LogP contribution in [0.25, 0.3) is 0 Å². The maximum atomic E-state index is 13.5. The highest BCUT2D eigenvalue weighted by atomic mass is 19.2. The van der Waals surface area contributed by atoms with Crippen LogP contribution in [0.4, 0.5) is 18.9 Å². The number of benzene rings is 1. The van der Waals surface area contributed by atoms with E-state index in [1.807, 2.05) is 0 Å². The zero-order valence-electron chi connectivity index (χ0n) is 12.6. The van der Waals surface area contributed by atoms with Crippen LogP contribution in [0, 0.1) is 34.7 Å². The molecule has 7 heteroatoms. The minimum atomic E-state index is -1.61. The summed E-state index contributed by atoms with van der Waals surface area (Å²) in [5.41, 5.74) is -0.569. The first-order valence-corrected chi connectivity index (χ1v) is 7.23. The Morgan fingerprint density at radius 1 is 1.30 bits per heavy atom. The van der Waals surface area contributed by atoms with Gasteiger partial charge >= 0.3 is 0 Å². The summed E-state index contributed by atoms with van der Waals surface area (Å²) < 4.78 is 39.5. The number of hydrogen-bond acceptors (Lipinski definition) is 3. The van der Waals surface area contributed by atoms with Gasteiger partial charge in [-0.05, 0) is 30.9 Å². The maximum Gasteiger partial charge on any atom is 0.266 e. The molecule has 4 nitrogen and oxygen atoms in total. The van der Waals surface area contributed by atoms with Crippen molar-refractivity contribution >= 4 is 11.6 Å². The number of nitriles is 1. The molecule has 0 aliphatic carbocycles. The van der Waals surface area contributed by atoms with Gasteiger partial charge in [0, 0.05) is 19.3 Å². The van der Waals surface area contributed by atoms with Gasteiger partial charge in [0.05, 0.1) is 5.69 Å². The SMILES string of the molecule is CC1CCN(C(=O)/C(C#N)=C\Nc2ccc(F)c(F)c2F)CC1. The van der Waals surface area contributed by atoms with Crippen LogP contribution in [-0.2, 0) is 4.79 Å². The molecule has 23 heavy (non-hydrogen) atoms. The third-order valence-corrected chi connectivity index (χ3v) is 3.83. The highest BCUT2D eigenvalue weighted by molar-refractivity contribution is 5.97. The van der Waals surface area contributed by atoms with E-state index in [4.69, 9.17) is 5.26 Å². The summed E-state index contributed by atoms with van der Waals surface area (Å²) in [6.07, 6.45) is 2.72. The summed E-state index contributed by atoms with van der Waals surface area (Å²) in [4.78, 5) is 13.8. The first kappa shape index (κ1) is 16.9. The fourth-order valence-corrected chi connectivity index (χ4v) is 2.31. The van der Waals surface area contributed by atoms with E-state index in [1.165, 1.54) is 0 Å². The second-order valence-corrected chi connectivity index (χ2v) is 5.51. The molecule has 2 rings (SSSR count). The number of halogens is 3. The lowest BCUT2D eigenvalue weighted by molar-refractivity contribution is -0.128. The number of nitrogens with zero attached hydrogens (tertiary/aromatic N) is 2. The van der Waals surface area contributed by atoms with E-state index in [0.29, 0.717) is 19.0 Å². The molecule has 1 saturated heterocycles. The largest absolute Gasteiger partial charge is 0.358 e. The van der Waals surface area contributed by atoms with Crippen molar-refractivity contribution in [2.75, 3.05) is 18.4 Å². The molecule has 1 fully saturated rings. The molecule has 1 heterocycles. The topological polar surface area (TPSA) is 56.1 Å². The van der Waals surface area contributed by atoms with Gasteiger partial charge in [0.15, 0.2) is 17.5 Å². The van der Waals surface area contributed by atoms with Gasteiger partial charge in [-0.2, -0.15) is 5.26 Å². The summed E-state index contributed by atoms with van der Waals surface area (Å²) in [6.45, 7) is 3.20. The summed E-state index contributed by atoms with van der Waals surface area (Å²) >= 11 is 0. The van der Waals surface area contributed by atoms with Gasteiger partial charge in [0.25, 0.3) is 5.91 Å². The number of likely N-dealkylation sites (tertiary alicyclic amines) is 1. The lowest BCUT2D eigenvalue weighted by Crippen LogP contribution is -2.38. The number of nitrogens with one attached hydrogen (secondary N) is 1. The first-order valence-electron chi connectivity index (χ1n) is 7.23. The maximum absolute atomic E-state index is 13.5. The van der Waals surface area contributed by atoms with Crippen molar-refractivity contribution in [2.24, 2.45) is 5.92 Å². The van der Waals surface area contributed by atoms with Crippen molar-refractivity contribution in [3.05, 3.63) is 41.4 Å². The van der Waals surface area contributed by atoms with Crippen LogP contribution in [0.5, 0.6) is 0 Å². The fourth-order valence-electron chi connectivity index (χ4n) is 2.31. The number of piperidine rings is 1. The summed E-state index contributed by atoms with van der Waals surface area (Å²) in [7, 11) is 0.